The minimum absolute atomic E-state index is 0.0205. The number of amides is 1. The largest absolute Gasteiger partial charge is 0.443 e. The van der Waals surface area contributed by atoms with Crippen LogP contribution in [0.3, 0.4) is 0 Å². The maximum Gasteiger partial charge on any atom is 0.414 e. The summed E-state index contributed by atoms with van der Waals surface area (Å²) in [4.78, 5) is 16.0. The standard InChI is InChI=1S/C15H21N5O2/c16-14(17)11-1-3-12(4-2-11)20-10-13(22-15(20)21)9-19-7-5-18-6-8-19/h1-4,13,18H,5-10H2,(H3,16,17). The number of cyclic esters (lactones) is 1. The zero-order chi connectivity index (χ0) is 15.5. The molecule has 0 aliphatic carbocycles. The maximum atomic E-state index is 12.1. The predicted octanol–water partition coefficient (Wildman–Crippen LogP) is 0.201. The van der Waals surface area contributed by atoms with Crippen LogP contribution in [0, 0.1) is 5.41 Å². The Morgan fingerprint density at radius 2 is 2.00 bits per heavy atom. The van der Waals surface area contributed by atoms with Gasteiger partial charge in [-0.1, -0.05) is 0 Å². The van der Waals surface area contributed by atoms with Gasteiger partial charge in [-0.3, -0.25) is 15.2 Å². The third-order valence-electron chi connectivity index (χ3n) is 4.04. The average molecular weight is 303 g/mol. The second-order valence-corrected chi connectivity index (χ2v) is 5.63. The van der Waals surface area contributed by atoms with E-state index in [0.717, 1.165) is 38.4 Å². The number of benzene rings is 1. The van der Waals surface area contributed by atoms with Crippen molar-refractivity contribution < 1.29 is 9.53 Å². The molecular formula is C15H21N5O2. The molecule has 3 rings (SSSR count). The summed E-state index contributed by atoms with van der Waals surface area (Å²) in [5, 5.41) is 10.7. The number of hydrogen-bond donors (Lipinski definition) is 3. The molecule has 1 aromatic carbocycles. The number of ether oxygens (including phenoxy) is 1. The molecule has 1 unspecified atom stereocenters. The van der Waals surface area contributed by atoms with Gasteiger partial charge in [0.05, 0.1) is 6.54 Å². The fourth-order valence-corrected chi connectivity index (χ4v) is 2.83. The van der Waals surface area contributed by atoms with Crippen LogP contribution in [0.4, 0.5) is 10.5 Å². The van der Waals surface area contributed by atoms with Crippen molar-refractivity contribution in [2.75, 3.05) is 44.2 Å². The first-order chi connectivity index (χ1) is 10.6. The van der Waals surface area contributed by atoms with Gasteiger partial charge in [-0.15, -0.1) is 0 Å². The lowest BCUT2D eigenvalue weighted by Gasteiger charge is -2.28. The number of nitrogen functional groups attached to an aromatic ring is 1. The topological polar surface area (TPSA) is 94.7 Å². The van der Waals surface area contributed by atoms with Crippen molar-refractivity contribution >= 4 is 17.6 Å². The van der Waals surface area contributed by atoms with Gasteiger partial charge in [-0.05, 0) is 24.3 Å². The molecule has 1 atom stereocenters. The third-order valence-corrected chi connectivity index (χ3v) is 4.04. The van der Waals surface area contributed by atoms with E-state index in [1.54, 1.807) is 29.2 Å². The number of amidine groups is 1. The molecule has 0 aromatic heterocycles. The number of nitrogens with two attached hydrogens (primary N) is 1. The van der Waals surface area contributed by atoms with Crippen molar-refractivity contribution in [3.8, 4) is 0 Å². The highest BCUT2D eigenvalue weighted by molar-refractivity contribution is 5.96. The summed E-state index contributed by atoms with van der Waals surface area (Å²) in [6.45, 7) is 5.27. The van der Waals surface area contributed by atoms with E-state index in [-0.39, 0.29) is 18.0 Å². The minimum Gasteiger partial charge on any atom is -0.443 e. The van der Waals surface area contributed by atoms with Gasteiger partial charge in [0.1, 0.15) is 11.9 Å². The second kappa shape index (κ2) is 6.33. The van der Waals surface area contributed by atoms with Crippen LogP contribution in [0.25, 0.3) is 0 Å². The van der Waals surface area contributed by atoms with E-state index < -0.39 is 0 Å². The molecule has 4 N–H and O–H groups in total. The molecule has 0 bridgehead atoms. The lowest BCUT2D eigenvalue weighted by Crippen LogP contribution is -2.46. The van der Waals surface area contributed by atoms with Crippen molar-refractivity contribution in [1.29, 1.82) is 5.41 Å². The Hall–Kier alpha value is -2.12. The average Bonchev–Trinajstić information content (AvgIpc) is 2.89. The lowest BCUT2D eigenvalue weighted by molar-refractivity contribution is 0.104. The number of nitrogens with zero attached hydrogens (tertiary/aromatic N) is 2. The summed E-state index contributed by atoms with van der Waals surface area (Å²) >= 11 is 0. The number of carbonyl (C=O) groups excluding carboxylic acids is 1. The molecule has 2 saturated heterocycles. The molecule has 1 aromatic rings. The van der Waals surface area contributed by atoms with Gasteiger partial charge in [0.25, 0.3) is 0 Å². The van der Waals surface area contributed by atoms with Crippen LogP contribution in [-0.2, 0) is 4.74 Å². The zero-order valence-electron chi connectivity index (χ0n) is 12.4. The Morgan fingerprint density at radius 3 is 2.64 bits per heavy atom. The molecule has 22 heavy (non-hydrogen) atoms. The van der Waals surface area contributed by atoms with Gasteiger partial charge in [0, 0.05) is 44.0 Å². The van der Waals surface area contributed by atoms with Crippen molar-refractivity contribution in [3.05, 3.63) is 29.8 Å². The van der Waals surface area contributed by atoms with Crippen LogP contribution in [0.1, 0.15) is 5.56 Å². The van der Waals surface area contributed by atoms with E-state index in [4.69, 9.17) is 15.9 Å². The SMILES string of the molecule is N=C(N)c1ccc(N2CC(CN3CCNCC3)OC2=O)cc1. The molecule has 118 valence electrons. The normalized spacial score (nSPS) is 22.6. The summed E-state index contributed by atoms with van der Waals surface area (Å²) in [5.41, 5.74) is 6.86. The Morgan fingerprint density at radius 1 is 1.32 bits per heavy atom. The smallest absolute Gasteiger partial charge is 0.414 e. The maximum absolute atomic E-state index is 12.1. The van der Waals surface area contributed by atoms with Crippen molar-refractivity contribution in [3.63, 3.8) is 0 Å². The monoisotopic (exact) mass is 303 g/mol. The van der Waals surface area contributed by atoms with Gasteiger partial charge in [0.15, 0.2) is 0 Å². The van der Waals surface area contributed by atoms with Gasteiger partial charge in [-0.25, -0.2) is 4.79 Å². The molecule has 0 spiro atoms. The first-order valence-corrected chi connectivity index (χ1v) is 7.49. The predicted molar refractivity (Wildman–Crippen MR) is 84.4 cm³/mol. The van der Waals surface area contributed by atoms with E-state index >= 15 is 0 Å². The summed E-state index contributed by atoms with van der Waals surface area (Å²) < 4.78 is 5.47. The lowest BCUT2D eigenvalue weighted by atomic mass is 10.2. The van der Waals surface area contributed by atoms with Crippen LogP contribution in [-0.4, -0.2) is 62.2 Å². The second-order valence-electron chi connectivity index (χ2n) is 5.63. The third kappa shape index (κ3) is 3.20. The molecule has 7 nitrogen and oxygen atoms in total. The van der Waals surface area contributed by atoms with Crippen molar-refractivity contribution in [1.82, 2.24) is 10.2 Å². The molecule has 2 heterocycles. The van der Waals surface area contributed by atoms with Crippen molar-refractivity contribution in [2.24, 2.45) is 5.73 Å². The van der Waals surface area contributed by atoms with Crippen LogP contribution in [0.5, 0.6) is 0 Å². The summed E-state index contributed by atoms with van der Waals surface area (Å²) in [6.07, 6.45) is -0.409. The van der Waals surface area contributed by atoms with Crippen molar-refractivity contribution in [2.45, 2.75) is 6.10 Å². The van der Waals surface area contributed by atoms with E-state index in [1.165, 1.54) is 0 Å². The van der Waals surface area contributed by atoms with Crippen LogP contribution in [0.2, 0.25) is 0 Å². The zero-order valence-corrected chi connectivity index (χ0v) is 12.4. The van der Waals surface area contributed by atoms with E-state index in [2.05, 4.69) is 10.2 Å². The highest BCUT2D eigenvalue weighted by atomic mass is 16.6. The Labute approximate surface area is 129 Å². The number of piperazine rings is 1. The van der Waals surface area contributed by atoms with Crippen LogP contribution < -0.4 is 16.0 Å². The van der Waals surface area contributed by atoms with Crippen LogP contribution >= 0.6 is 0 Å². The number of nitrogens with one attached hydrogen (secondary N) is 2. The van der Waals surface area contributed by atoms with Gasteiger partial charge >= 0.3 is 6.09 Å². The van der Waals surface area contributed by atoms with Gasteiger partial charge < -0.3 is 15.8 Å². The number of rotatable bonds is 4. The van der Waals surface area contributed by atoms with Gasteiger partial charge in [-0.2, -0.15) is 0 Å². The highest BCUT2D eigenvalue weighted by Gasteiger charge is 2.33. The van der Waals surface area contributed by atoms with E-state index in [9.17, 15) is 4.79 Å². The van der Waals surface area contributed by atoms with E-state index in [1.807, 2.05) is 0 Å². The molecule has 7 heteroatoms. The molecule has 2 fully saturated rings. The molecule has 0 saturated carbocycles. The van der Waals surface area contributed by atoms with Gasteiger partial charge in [0.2, 0.25) is 0 Å². The summed E-state index contributed by atoms with van der Waals surface area (Å²) in [6, 6.07) is 7.08. The first-order valence-electron chi connectivity index (χ1n) is 7.49. The number of carbonyl (C=O) groups is 1. The molecule has 1 amide bonds. The molecule has 2 aliphatic rings. The Bertz CT molecular complexity index is 554. The Kier molecular flexibility index (Phi) is 4.26. The molecule has 2 aliphatic heterocycles. The first kappa shape index (κ1) is 14.8. The fourth-order valence-electron chi connectivity index (χ4n) is 2.83. The summed E-state index contributed by atoms with van der Waals surface area (Å²) in [7, 11) is 0. The Balaban J connectivity index is 1.62. The highest BCUT2D eigenvalue weighted by Crippen LogP contribution is 2.22. The fraction of sp³-hybridized carbons (Fsp3) is 0.467. The van der Waals surface area contributed by atoms with Crippen LogP contribution in [0.15, 0.2) is 24.3 Å². The quantitative estimate of drug-likeness (QED) is 0.546. The minimum atomic E-state index is -0.310. The van der Waals surface area contributed by atoms with E-state index in [0.29, 0.717) is 12.1 Å². The summed E-state index contributed by atoms with van der Waals surface area (Å²) in [5.74, 6) is 0.0205. The molecule has 0 radical (unpaired) electrons. The number of anilines is 1. The molecular weight excluding hydrogens is 282 g/mol. The number of hydrogen-bond acceptors (Lipinski definition) is 5.